The molecule has 5 nitrogen and oxygen atoms in total. The van der Waals surface area contributed by atoms with Gasteiger partial charge in [-0.15, -0.1) is 0 Å². The van der Waals surface area contributed by atoms with Crippen LogP contribution in [0.15, 0.2) is 0 Å². The summed E-state index contributed by atoms with van der Waals surface area (Å²) in [6, 6.07) is -0.793. The second kappa shape index (κ2) is 4.15. The van der Waals surface area contributed by atoms with Crippen molar-refractivity contribution in [2.75, 3.05) is 13.2 Å². The summed E-state index contributed by atoms with van der Waals surface area (Å²) >= 11 is 0. The van der Waals surface area contributed by atoms with E-state index in [1.165, 1.54) is 0 Å². The van der Waals surface area contributed by atoms with Crippen LogP contribution in [0, 0.1) is 0 Å². The van der Waals surface area contributed by atoms with Gasteiger partial charge in [-0.2, -0.15) is 0 Å². The van der Waals surface area contributed by atoms with Crippen LogP contribution in [0.25, 0.3) is 0 Å². The zero-order valence-corrected chi connectivity index (χ0v) is 6.72. The maximum atomic E-state index is 9.36. The fourth-order valence-electron chi connectivity index (χ4n) is 1.50. The normalized spacial score (nSPS) is 42.0. The number of rotatable bonds is 3. The average Bonchev–Trinajstić information content (AvgIpc) is 2.33. The lowest BCUT2D eigenvalue weighted by molar-refractivity contribution is 0.0172. The van der Waals surface area contributed by atoms with Crippen molar-refractivity contribution in [2.45, 2.75) is 30.7 Å². The Morgan fingerprint density at radius 2 is 1.58 bits per heavy atom. The zero-order valence-electron chi connectivity index (χ0n) is 6.72. The minimum atomic E-state index is -0.938. The molecule has 0 unspecified atom stereocenters. The number of aliphatic hydroxyl groups excluding tert-OH is 4. The Kier molecular flexibility index (Phi) is 3.42. The molecule has 1 heterocycles. The van der Waals surface area contributed by atoms with Crippen molar-refractivity contribution in [1.29, 1.82) is 0 Å². The van der Waals surface area contributed by atoms with Crippen molar-refractivity contribution < 1.29 is 20.4 Å². The van der Waals surface area contributed by atoms with Gasteiger partial charge >= 0.3 is 0 Å². The van der Waals surface area contributed by atoms with Crippen LogP contribution in [0.1, 0.15) is 6.42 Å². The average molecular weight is 177 g/mol. The summed E-state index contributed by atoms with van der Waals surface area (Å²) in [5.74, 6) is 0. The van der Waals surface area contributed by atoms with E-state index in [2.05, 4.69) is 5.32 Å². The van der Waals surface area contributed by atoms with Gasteiger partial charge in [0.1, 0.15) is 0 Å². The van der Waals surface area contributed by atoms with Crippen molar-refractivity contribution in [3.8, 4) is 0 Å². The molecule has 1 saturated heterocycles. The first-order chi connectivity index (χ1) is 5.70. The van der Waals surface area contributed by atoms with Gasteiger partial charge in [0.25, 0.3) is 0 Å². The summed E-state index contributed by atoms with van der Waals surface area (Å²) in [5, 5.41) is 38.8. The maximum Gasteiger partial charge on any atom is 0.0989 e. The van der Waals surface area contributed by atoms with E-state index < -0.39 is 18.2 Å². The van der Waals surface area contributed by atoms with Crippen LogP contribution in [0.4, 0.5) is 0 Å². The lowest BCUT2D eigenvalue weighted by Crippen LogP contribution is -2.36. The van der Waals surface area contributed by atoms with Crippen LogP contribution in [0.5, 0.6) is 0 Å². The molecule has 1 fully saturated rings. The van der Waals surface area contributed by atoms with Gasteiger partial charge in [0, 0.05) is 12.6 Å². The van der Waals surface area contributed by atoms with Gasteiger partial charge in [0.05, 0.1) is 24.9 Å². The third-order valence-corrected chi connectivity index (χ3v) is 2.24. The maximum absolute atomic E-state index is 9.36. The van der Waals surface area contributed by atoms with E-state index in [0.29, 0.717) is 6.42 Å². The highest BCUT2D eigenvalue weighted by Gasteiger charge is 2.39. The third kappa shape index (κ3) is 1.75. The Labute approximate surface area is 70.6 Å². The van der Waals surface area contributed by atoms with Gasteiger partial charge in [-0.25, -0.2) is 0 Å². The molecule has 4 atom stereocenters. The van der Waals surface area contributed by atoms with E-state index in [-0.39, 0.29) is 19.3 Å². The van der Waals surface area contributed by atoms with Crippen LogP contribution >= 0.6 is 0 Å². The molecule has 0 aromatic carbocycles. The summed E-state index contributed by atoms with van der Waals surface area (Å²) in [5.41, 5.74) is 0. The largest absolute Gasteiger partial charge is 0.396 e. The minimum Gasteiger partial charge on any atom is -0.396 e. The Morgan fingerprint density at radius 1 is 1.00 bits per heavy atom. The molecular weight excluding hydrogens is 162 g/mol. The van der Waals surface area contributed by atoms with E-state index in [0.717, 1.165) is 0 Å². The SMILES string of the molecule is OCC[C@@H]1N[C@@H](CO)[C@H](O)[C@H]1O. The zero-order chi connectivity index (χ0) is 9.14. The van der Waals surface area contributed by atoms with Crippen molar-refractivity contribution in [1.82, 2.24) is 5.32 Å². The molecule has 0 saturated carbocycles. The monoisotopic (exact) mass is 177 g/mol. The number of aliphatic hydroxyl groups is 4. The molecule has 1 aliphatic heterocycles. The van der Waals surface area contributed by atoms with Crippen LogP contribution in [0.2, 0.25) is 0 Å². The molecule has 0 aromatic heterocycles. The van der Waals surface area contributed by atoms with Crippen molar-refractivity contribution >= 4 is 0 Å². The fraction of sp³-hybridized carbons (Fsp3) is 1.00. The van der Waals surface area contributed by atoms with Gasteiger partial charge < -0.3 is 25.7 Å². The quantitative estimate of drug-likeness (QED) is 0.326. The number of hydrogen-bond donors (Lipinski definition) is 5. The number of nitrogens with one attached hydrogen (secondary N) is 1. The van der Waals surface area contributed by atoms with Crippen LogP contribution in [-0.4, -0.2) is 57.9 Å². The molecule has 0 bridgehead atoms. The van der Waals surface area contributed by atoms with E-state index in [9.17, 15) is 10.2 Å². The Balaban J connectivity index is 2.48. The smallest absolute Gasteiger partial charge is 0.0989 e. The van der Waals surface area contributed by atoms with Gasteiger partial charge in [-0.05, 0) is 6.42 Å². The molecular formula is C7H15NO4. The predicted octanol–water partition coefficient (Wildman–Crippen LogP) is -2.58. The van der Waals surface area contributed by atoms with Crippen molar-refractivity contribution in [2.24, 2.45) is 0 Å². The van der Waals surface area contributed by atoms with Crippen molar-refractivity contribution in [3.05, 3.63) is 0 Å². The van der Waals surface area contributed by atoms with Crippen LogP contribution in [-0.2, 0) is 0 Å². The highest BCUT2D eigenvalue weighted by atomic mass is 16.3. The second-order valence-electron chi connectivity index (χ2n) is 3.06. The molecule has 5 heteroatoms. The van der Waals surface area contributed by atoms with E-state index in [4.69, 9.17) is 10.2 Å². The standard InChI is InChI=1S/C7H15NO4/c9-2-1-4-6(11)7(12)5(3-10)8-4/h4-12H,1-3H2/t4-,5-,6-,7-/m0/s1. The first-order valence-corrected chi connectivity index (χ1v) is 4.04. The molecule has 5 N–H and O–H groups in total. The second-order valence-corrected chi connectivity index (χ2v) is 3.06. The predicted molar refractivity (Wildman–Crippen MR) is 41.5 cm³/mol. The van der Waals surface area contributed by atoms with Gasteiger partial charge in [0.15, 0.2) is 0 Å². The van der Waals surface area contributed by atoms with Gasteiger partial charge in [-0.3, -0.25) is 0 Å². The first kappa shape index (κ1) is 9.88. The van der Waals surface area contributed by atoms with Crippen LogP contribution in [0.3, 0.4) is 0 Å². The van der Waals surface area contributed by atoms with E-state index in [1.807, 2.05) is 0 Å². The molecule has 0 radical (unpaired) electrons. The van der Waals surface area contributed by atoms with E-state index >= 15 is 0 Å². The summed E-state index contributed by atoms with van der Waals surface area (Å²) in [6.07, 6.45) is -1.45. The molecule has 0 aliphatic carbocycles. The molecule has 0 spiro atoms. The van der Waals surface area contributed by atoms with Gasteiger partial charge in [0.2, 0.25) is 0 Å². The fourth-order valence-corrected chi connectivity index (χ4v) is 1.50. The highest BCUT2D eigenvalue weighted by molar-refractivity contribution is 4.97. The Bertz CT molecular complexity index is 143. The topological polar surface area (TPSA) is 93.0 Å². The van der Waals surface area contributed by atoms with Crippen LogP contribution < -0.4 is 5.32 Å². The molecule has 12 heavy (non-hydrogen) atoms. The first-order valence-electron chi connectivity index (χ1n) is 4.04. The summed E-state index contributed by atoms with van der Waals surface area (Å²) < 4.78 is 0. The molecule has 0 aromatic rings. The van der Waals surface area contributed by atoms with Crippen molar-refractivity contribution in [3.63, 3.8) is 0 Å². The summed E-state index contributed by atoms with van der Waals surface area (Å²) in [6.45, 7) is -0.250. The molecule has 0 amide bonds. The Morgan fingerprint density at radius 3 is 2.00 bits per heavy atom. The molecule has 1 aliphatic rings. The minimum absolute atomic E-state index is 0.0421. The molecule has 1 rings (SSSR count). The van der Waals surface area contributed by atoms with Gasteiger partial charge in [-0.1, -0.05) is 0 Å². The lowest BCUT2D eigenvalue weighted by Gasteiger charge is -2.13. The highest BCUT2D eigenvalue weighted by Crippen LogP contribution is 2.16. The summed E-state index contributed by atoms with van der Waals surface area (Å²) in [7, 11) is 0. The number of hydrogen-bond acceptors (Lipinski definition) is 5. The summed E-state index contributed by atoms with van der Waals surface area (Å²) in [4.78, 5) is 0. The molecule has 72 valence electrons. The van der Waals surface area contributed by atoms with E-state index in [1.54, 1.807) is 0 Å². The lowest BCUT2D eigenvalue weighted by atomic mass is 10.1. The Hall–Kier alpha value is -0.200. The third-order valence-electron chi connectivity index (χ3n) is 2.24.